The maximum atomic E-state index is 13.4. The van der Waals surface area contributed by atoms with Crippen molar-refractivity contribution in [2.45, 2.75) is 37.8 Å². The summed E-state index contributed by atoms with van der Waals surface area (Å²) >= 11 is 3.25. The van der Waals surface area contributed by atoms with Gasteiger partial charge in [0.25, 0.3) is 0 Å². The topological polar surface area (TPSA) is 58.3 Å². The molecular formula is C12H16BrFN2O. The molecular weight excluding hydrogens is 287 g/mol. The van der Waals surface area contributed by atoms with Crippen LogP contribution in [0.1, 0.15) is 25.7 Å². The molecule has 0 radical (unpaired) electrons. The lowest BCUT2D eigenvalue weighted by Crippen LogP contribution is -2.28. The average Bonchev–Trinajstić information content (AvgIpc) is 2.28. The second-order valence-electron chi connectivity index (χ2n) is 4.50. The molecule has 0 aromatic heterocycles. The van der Waals surface area contributed by atoms with Crippen molar-refractivity contribution in [3.63, 3.8) is 0 Å². The normalized spacial score (nSPS) is 24.6. The smallest absolute Gasteiger partial charge is 0.149 e. The van der Waals surface area contributed by atoms with Gasteiger partial charge in [0.05, 0.1) is 17.5 Å². The molecule has 17 heavy (non-hydrogen) atoms. The Morgan fingerprint density at radius 1 is 1.29 bits per heavy atom. The summed E-state index contributed by atoms with van der Waals surface area (Å²) in [5.74, 6) is -0.419. The fraction of sp³-hybridized carbons (Fsp3) is 0.500. The summed E-state index contributed by atoms with van der Waals surface area (Å²) in [4.78, 5) is 0. The molecule has 2 rings (SSSR count). The number of anilines is 2. The highest BCUT2D eigenvalue weighted by Gasteiger charge is 2.20. The van der Waals surface area contributed by atoms with Crippen molar-refractivity contribution in [2.24, 2.45) is 0 Å². The lowest BCUT2D eigenvalue weighted by atomic mass is 9.93. The van der Waals surface area contributed by atoms with Crippen LogP contribution in [-0.4, -0.2) is 17.3 Å². The van der Waals surface area contributed by atoms with Crippen LogP contribution < -0.4 is 11.1 Å². The summed E-state index contributed by atoms with van der Waals surface area (Å²) in [6.45, 7) is 0. The Hall–Kier alpha value is -0.810. The van der Waals surface area contributed by atoms with Gasteiger partial charge in [0.2, 0.25) is 0 Å². The predicted molar refractivity (Wildman–Crippen MR) is 70.4 cm³/mol. The van der Waals surface area contributed by atoms with Crippen LogP contribution in [0.15, 0.2) is 16.6 Å². The number of aliphatic hydroxyl groups is 1. The number of nitrogens with two attached hydrogens (primary N) is 1. The monoisotopic (exact) mass is 302 g/mol. The van der Waals surface area contributed by atoms with Crippen molar-refractivity contribution in [3.8, 4) is 0 Å². The zero-order chi connectivity index (χ0) is 12.4. The Labute approximate surface area is 108 Å². The van der Waals surface area contributed by atoms with Crippen molar-refractivity contribution in [1.29, 1.82) is 0 Å². The molecule has 0 amide bonds. The third-order valence-corrected chi connectivity index (χ3v) is 3.61. The van der Waals surface area contributed by atoms with E-state index in [0.717, 1.165) is 25.7 Å². The Bertz CT molecular complexity index is 406. The van der Waals surface area contributed by atoms with E-state index in [1.807, 2.05) is 0 Å². The molecule has 1 aliphatic rings. The molecule has 0 spiro atoms. The fourth-order valence-corrected chi connectivity index (χ4v) is 2.57. The number of benzene rings is 1. The number of halogens is 2. The molecule has 0 atom stereocenters. The zero-order valence-corrected chi connectivity index (χ0v) is 11.0. The fourth-order valence-electron chi connectivity index (χ4n) is 2.14. The van der Waals surface area contributed by atoms with Crippen molar-refractivity contribution in [3.05, 3.63) is 22.4 Å². The number of aliphatic hydroxyl groups excluding tert-OH is 1. The van der Waals surface area contributed by atoms with Crippen LogP contribution in [0, 0.1) is 5.82 Å². The molecule has 1 aromatic rings. The Morgan fingerprint density at radius 3 is 2.59 bits per heavy atom. The van der Waals surface area contributed by atoms with Crippen molar-refractivity contribution in [1.82, 2.24) is 0 Å². The van der Waals surface area contributed by atoms with Gasteiger partial charge >= 0.3 is 0 Å². The van der Waals surface area contributed by atoms with Gasteiger partial charge in [-0.05, 0) is 37.8 Å². The van der Waals surface area contributed by atoms with Crippen molar-refractivity contribution in [2.75, 3.05) is 11.1 Å². The molecule has 4 N–H and O–H groups in total. The van der Waals surface area contributed by atoms with Gasteiger partial charge in [0.1, 0.15) is 5.82 Å². The number of nitrogens with one attached hydrogen (secondary N) is 1. The first kappa shape index (κ1) is 12.6. The van der Waals surface area contributed by atoms with Gasteiger partial charge in [0, 0.05) is 10.5 Å². The van der Waals surface area contributed by atoms with E-state index in [1.165, 1.54) is 6.07 Å². The van der Waals surface area contributed by atoms with Crippen LogP contribution in [0.2, 0.25) is 0 Å². The lowest BCUT2D eigenvalue weighted by molar-refractivity contribution is 0.126. The van der Waals surface area contributed by atoms with Gasteiger partial charge in [-0.2, -0.15) is 0 Å². The molecule has 0 aliphatic heterocycles. The first-order valence-electron chi connectivity index (χ1n) is 5.75. The quantitative estimate of drug-likeness (QED) is 0.736. The second-order valence-corrected chi connectivity index (χ2v) is 5.41. The van der Waals surface area contributed by atoms with E-state index in [9.17, 15) is 9.50 Å². The number of rotatable bonds is 2. The number of hydrogen-bond acceptors (Lipinski definition) is 3. The minimum Gasteiger partial charge on any atom is -0.395 e. The first-order chi connectivity index (χ1) is 8.06. The largest absolute Gasteiger partial charge is 0.395 e. The molecule has 0 bridgehead atoms. The molecule has 1 aliphatic carbocycles. The van der Waals surface area contributed by atoms with E-state index in [0.29, 0.717) is 10.2 Å². The van der Waals surface area contributed by atoms with E-state index < -0.39 is 5.82 Å². The first-order valence-corrected chi connectivity index (χ1v) is 6.54. The van der Waals surface area contributed by atoms with Gasteiger partial charge in [-0.25, -0.2) is 4.39 Å². The summed E-state index contributed by atoms with van der Waals surface area (Å²) < 4.78 is 14.1. The Morgan fingerprint density at radius 2 is 1.94 bits per heavy atom. The third kappa shape index (κ3) is 3.10. The maximum Gasteiger partial charge on any atom is 0.149 e. The predicted octanol–water partition coefficient (Wildman–Crippen LogP) is 2.89. The summed E-state index contributed by atoms with van der Waals surface area (Å²) in [7, 11) is 0. The summed E-state index contributed by atoms with van der Waals surface area (Å²) in [6.07, 6.45) is 3.15. The van der Waals surface area contributed by atoms with E-state index in [-0.39, 0.29) is 17.8 Å². The van der Waals surface area contributed by atoms with Crippen molar-refractivity contribution >= 4 is 27.3 Å². The Kier molecular flexibility index (Phi) is 3.89. The van der Waals surface area contributed by atoms with Gasteiger partial charge in [0.15, 0.2) is 0 Å². The van der Waals surface area contributed by atoms with E-state index >= 15 is 0 Å². The highest BCUT2D eigenvalue weighted by atomic mass is 79.9. The van der Waals surface area contributed by atoms with Crippen LogP contribution in [0.5, 0.6) is 0 Å². The van der Waals surface area contributed by atoms with Crippen LogP contribution in [0.4, 0.5) is 15.8 Å². The maximum absolute atomic E-state index is 13.4. The average molecular weight is 303 g/mol. The molecule has 3 nitrogen and oxygen atoms in total. The number of hydrogen-bond donors (Lipinski definition) is 3. The van der Waals surface area contributed by atoms with Crippen LogP contribution in [0.25, 0.3) is 0 Å². The van der Waals surface area contributed by atoms with Gasteiger partial charge in [-0.15, -0.1) is 0 Å². The molecule has 0 unspecified atom stereocenters. The standard InChI is InChI=1S/C12H16BrFN2O/c13-7-5-10(14)12(15)11(6-7)16-8-1-3-9(17)4-2-8/h5-6,8-9,16-17H,1-4,15H2. The minimum absolute atomic E-state index is 0.152. The van der Waals surface area contributed by atoms with E-state index in [2.05, 4.69) is 21.2 Å². The van der Waals surface area contributed by atoms with Gasteiger partial charge in [-0.1, -0.05) is 15.9 Å². The van der Waals surface area contributed by atoms with E-state index in [1.54, 1.807) is 6.07 Å². The van der Waals surface area contributed by atoms with E-state index in [4.69, 9.17) is 5.73 Å². The Balaban J connectivity index is 2.08. The number of nitrogen functional groups attached to an aromatic ring is 1. The third-order valence-electron chi connectivity index (χ3n) is 3.15. The molecule has 1 aromatic carbocycles. The van der Waals surface area contributed by atoms with Crippen LogP contribution in [0.3, 0.4) is 0 Å². The molecule has 1 fully saturated rings. The van der Waals surface area contributed by atoms with Crippen LogP contribution in [-0.2, 0) is 0 Å². The second kappa shape index (κ2) is 5.23. The highest BCUT2D eigenvalue weighted by molar-refractivity contribution is 9.10. The molecule has 0 saturated heterocycles. The summed E-state index contributed by atoms with van der Waals surface area (Å²) in [5.41, 5.74) is 6.46. The molecule has 5 heteroatoms. The highest BCUT2D eigenvalue weighted by Crippen LogP contribution is 2.30. The lowest BCUT2D eigenvalue weighted by Gasteiger charge is -2.27. The van der Waals surface area contributed by atoms with Gasteiger partial charge in [-0.3, -0.25) is 0 Å². The molecule has 1 saturated carbocycles. The zero-order valence-electron chi connectivity index (χ0n) is 9.42. The molecule has 94 valence electrons. The SMILES string of the molecule is Nc1c(F)cc(Br)cc1NC1CCC(O)CC1. The van der Waals surface area contributed by atoms with Gasteiger partial charge < -0.3 is 16.2 Å². The molecule has 0 heterocycles. The summed E-state index contributed by atoms with van der Waals surface area (Å²) in [6, 6.07) is 3.39. The summed E-state index contributed by atoms with van der Waals surface area (Å²) in [5, 5.41) is 12.7. The van der Waals surface area contributed by atoms with Crippen LogP contribution >= 0.6 is 15.9 Å². The van der Waals surface area contributed by atoms with Crippen molar-refractivity contribution < 1.29 is 9.50 Å². The minimum atomic E-state index is -0.419.